The number of rotatable bonds is 5. The highest BCUT2D eigenvalue weighted by Gasteiger charge is 2.21. The van der Waals surface area contributed by atoms with Gasteiger partial charge < -0.3 is 9.73 Å². The molecule has 2 aromatic heterocycles. The van der Waals surface area contributed by atoms with Gasteiger partial charge in [0.2, 0.25) is 0 Å². The monoisotopic (exact) mass is 278 g/mol. The number of hydrogen-bond acceptors (Lipinski definition) is 5. The second-order valence-electron chi connectivity index (χ2n) is 4.23. The van der Waals surface area contributed by atoms with Gasteiger partial charge in [0.25, 0.3) is 5.91 Å². The Labute approximate surface area is 114 Å². The lowest BCUT2D eigenvalue weighted by molar-refractivity contribution is -0.386. The molecule has 0 radical (unpaired) electrons. The van der Waals surface area contributed by atoms with Crippen molar-refractivity contribution in [2.45, 2.75) is 20.4 Å². The smallest absolute Gasteiger partial charge is 0.312 e. The number of nitro groups is 1. The summed E-state index contributed by atoms with van der Waals surface area (Å²) in [6.45, 7) is 3.88. The van der Waals surface area contributed by atoms with Gasteiger partial charge in [-0.15, -0.1) is 0 Å². The number of furan rings is 1. The first-order chi connectivity index (χ1) is 9.50. The van der Waals surface area contributed by atoms with E-state index in [1.54, 1.807) is 26.0 Å². The second-order valence-corrected chi connectivity index (χ2v) is 4.23. The highest BCUT2D eigenvalue weighted by Crippen LogP contribution is 2.21. The lowest BCUT2D eigenvalue weighted by Gasteiger charge is -2.05. The van der Waals surface area contributed by atoms with Crippen LogP contribution in [-0.4, -0.2) is 27.2 Å². The fraction of sp³-hybridized carbons (Fsp3) is 0.333. The predicted octanol–water partition coefficient (Wildman–Crippen LogP) is 1.43. The molecule has 0 unspecified atom stereocenters. The highest BCUT2D eigenvalue weighted by molar-refractivity contribution is 5.91. The SMILES string of the molecule is Cc1nn(CCNC(=O)c2ccco2)c(C)c1[N+](=O)[O-]. The molecular weight excluding hydrogens is 264 g/mol. The molecule has 0 aliphatic heterocycles. The van der Waals surface area contributed by atoms with E-state index in [-0.39, 0.29) is 17.4 Å². The molecule has 0 aromatic carbocycles. The third kappa shape index (κ3) is 2.68. The largest absolute Gasteiger partial charge is 0.459 e. The van der Waals surface area contributed by atoms with Crippen molar-refractivity contribution >= 4 is 11.6 Å². The number of carbonyl (C=O) groups is 1. The van der Waals surface area contributed by atoms with E-state index in [0.29, 0.717) is 24.5 Å². The molecule has 0 saturated heterocycles. The average molecular weight is 278 g/mol. The summed E-state index contributed by atoms with van der Waals surface area (Å²) in [7, 11) is 0. The Kier molecular flexibility index (Phi) is 3.83. The Morgan fingerprint density at radius 3 is 2.85 bits per heavy atom. The zero-order valence-electron chi connectivity index (χ0n) is 11.1. The standard InChI is InChI=1S/C12H14N4O4/c1-8-11(16(18)19)9(2)15(14-8)6-5-13-12(17)10-4-3-7-20-10/h3-4,7H,5-6H2,1-2H3,(H,13,17). The molecule has 106 valence electrons. The van der Waals surface area contributed by atoms with Crippen molar-refractivity contribution in [3.05, 3.63) is 45.7 Å². The minimum absolute atomic E-state index is 0.0161. The topological polar surface area (TPSA) is 103 Å². The molecule has 0 aliphatic rings. The van der Waals surface area contributed by atoms with Crippen LogP contribution in [0.4, 0.5) is 5.69 Å². The van der Waals surface area contributed by atoms with Gasteiger partial charge in [0.15, 0.2) is 5.76 Å². The van der Waals surface area contributed by atoms with Crippen molar-refractivity contribution < 1.29 is 14.1 Å². The summed E-state index contributed by atoms with van der Waals surface area (Å²) in [6, 6.07) is 3.18. The van der Waals surface area contributed by atoms with Crippen LogP contribution in [0.25, 0.3) is 0 Å². The van der Waals surface area contributed by atoms with E-state index in [0.717, 1.165) is 0 Å². The zero-order chi connectivity index (χ0) is 14.7. The molecule has 0 atom stereocenters. The number of amides is 1. The Hall–Kier alpha value is -2.64. The van der Waals surface area contributed by atoms with Crippen LogP contribution in [0.5, 0.6) is 0 Å². The lowest BCUT2D eigenvalue weighted by atomic mass is 10.3. The number of nitrogens with one attached hydrogen (secondary N) is 1. The number of aromatic nitrogens is 2. The molecule has 2 heterocycles. The summed E-state index contributed by atoms with van der Waals surface area (Å²) in [6.07, 6.45) is 1.42. The van der Waals surface area contributed by atoms with Crippen LogP contribution in [-0.2, 0) is 6.54 Å². The Balaban J connectivity index is 1.97. The zero-order valence-corrected chi connectivity index (χ0v) is 11.1. The summed E-state index contributed by atoms with van der Waals surface area (Å²) >= 11 is 0. The van der Waals surface area contributed by atoms with E-state index >= 15 is 0 Å². The fourth-order valence-corrected chi connectivity index (χ4v) is 1.94. The number of aryl methyl sites for hydroxylation is 1. The van der Waals surface area contributed by atoms with Gasteiger partial charge in [0, 0.05) is 6.54 Å². The quantitative estimate of drug-likeness (QED) is 0.658. The molecular formula is C12H14N4O4. The summed E-state index contributed by atoms with van der Waals surface area (Å²) in [5.74, 6) is -0.102. The first kappa shape index (κ1) is 13.8. The second kappa shape index (κ2) is 5.55. The fourth-order valence-electron chi connectivity index (χ4n) is 1.94. The van der Waals surface area contributed by atoms with Gasteiger partial charge in [-0.2, -0.15) is 5.10 Å². The van der Waals surface area contributed by atoms with Crippen LogP contribution < -0.4 is 5.32 Å². The third-order valence-electron chi connectivity index (χ3n) is 2.88. The predicted molar refractivity (Wildman–Crippen MR) is 69.4 cm³/mol. The first-order valence-electron chi connectivity index (χ1n) is 6.01. The Bertz CT molecular complexity index is 630. The van der Waals surface area contributed by atoms with Crippen molar-refractivity contribution in [3.8, 4) is 0 Å². The highest BCUT2D eigenvalue weighted by atomic mass is 16.6. The van der Waals surface area contributed by atoms with Crippen LogP contribution in [0.15, 0.2) is 22.8 Å². The molecule has 20 heavy (non-hydrogen) atoms. The van der Waals surface area contributed by atoms with Crippen molar-refractivity contribution in [2.75, 3.05) is 6.54 Å². The van der Waals surface area contributed by atoms with Gasteiger partial charge in [-0.25, -0.2) is 0 Å². The Morgan fingerprint density at radius 2 is 2.30 bits per heavy atom. The van der Waals surface area contributed by atoms with Gasteiger partial charge in [0.05, 0.1) is 17.7 Å². The number of hydrogen-bond donors (Lipinski definition) is 1. The minimum atomic E-state index is -0.449. The van der Waals surface area contributed by atoms with E-state index in [1.807, 2.05) is 0 Å². The van der Waals surface area contributed by atoms with Crippen LogP contribution >= 0.6 is 0 Å². The van der Waals surface area contributed by atoms with Crippen molar-refractivity contribution in [2.24, 2.45) is 0 Å². The summed E-state index contributed by atoms with van der Waals surface area (Å²) < 4.78 is 6.46. The number of nitrogens with zero attached hydrogens (tertiary/aromatic N) is 3. The average Bonchev–Trinajstić information content (AvgIpc) is 2.98. The van der Waals surface area contributed by atoms with Gasteiger partial charge in [-0.3, -0.25) is 19.6 Å². The van der Waals surface area contributed by atoms with E-state index < -0.39 is 4.92 Å². The summed E-state index contributed by atoms with van der Waals surface area (Å²) in [5.41, 5.74) is 0.854. The third-order valence-corrected chi connectivity index (χ3v) is 2.88. The lowest BCUT2D eigenvalue weighted by Crippen LogP contribution is -2.27. The van der Waals surface area contributed by atoms with Crippen molar-refractivity contribution in [3.63, 3.8) is 0 Å². The molecule has 8 heteroatoms. The van der Waals surface area contributed by atoms with E-state index in [4.69, 9.17) is 4.42 Å². The molecule has 8 nitrogen and oxygen atoms in total. The van der Waals surface area contributed by atoms with Crippen molar-refractivity contribution in [1.82, 2.24) is 15.1 Å². The van der Waals surface area contributed by atoms with E-state index in [1.165, 1.54) is 10.9 Å². The van der Waals surface area contributed by atoms with Gasteiger partial charge in [-0.05, 0) is 26.0 Å². The molecule has 0 fully saturated rings. The van der Waals surface area contributed by atoms with E-state index in [9.17, 15) is 14.9 Å². The molecule has 0 aliphatic carbocycles. The molecule has 1 N–H and O–H groups in total. The van der Waals surface area contributed by atoms with Crippen LogP contribution in [0.2, 0.25) is 0 Å². The molecule has 1 amide bonds. The van der Waals surface area contributed by atoms with Crippen LogP contribution in [0, 0.1) is 24.0 Å². The maximum Gasteiger partial charge on any atom is 0.312 e. The maximum atomic E-state index is 11.6. The summed E-state index contributed by atoms with van der Waals surface area (Å²) in [5, 5.41) is 17.6. The van der Waals surface area contributed by atoms with E-state index in [2.05, 4.69) is 10.4 Å². The first-order valence-corrected chi connectivity index (χ1v) is 6.01. The molecule has 2 rings (SSSR count). The number of carbonyl (C=O) groups excluding carboxylic acids is 1. The minimum Gasteiger partial charge on any atom is -0.459 e. The molecule has 0 bridgehead atoms. The van der Waals surface area contributed by atoms with Gasteiger partial charge in [-0.1, -0.05) is 0 Å². The van der Waals surface area contributed by atoms with Crippen molar-refractivity contribution in [1.29, 1.82) is 0 Å². The molecule has 0 spiro atoms. The van der Waals surface area contributed by atoms with Crippen LogP contribution in [0.3, 0.4) is 0 Å². The molecule has 0 saturated carbocycles. The maximum absolute atomic E-state index is 11.6. The van der Waals surface area contributed by atoms with Gasteiger partial charge >= 0.3 is 5.69 Å². The summed E-state index contributed by atoms with van der Waals surface area (Å²) in [4.78, 5) is 22.0. The normalized spacial score (nSPS) is 10.5. The van der Waals surface area contributed by atoms with Crippen LogP contribution in [0.1, 0.15) is 21.9 Å². The Morgan fingerprint density at radius 1 is 1.55 bits per heavy atom. The molecule has 2 aromatic rings. The van der Waals surface area contributed by atoms with Gasteiger partial charge in [0.1, 0.15) is 11.4 Å².